The van der Waals surface area contributed by atoms with E-state index < -0.39 is 11.9 Å². The molecule has 1 unspecified atom stereocenters. The molecule has 0 N–H and O–H groups in total. The maximum absolute atomic E-state index is 12.9. The van der Waals surface area contributed by atoms with Gasteiger partial charge in [0, 0.05) is 16.7 Å². The lowest BCUT2D eigenvalue weighted by Crippen LogP contribution is -2.13. The fourth-order valence-corrected chi connectivity index (χ4v) is 3.17. The number of benzene rings is 2. The Balaban J connectivity index is 1.86. The summed E-state index contributed by atoms with van der Waals surface area (Å²) in [5, 5.41) is 0.532. The van der Waals surface area contributed by atoms with Gasteiger partial charge in [-0.1, -0.05) is 43.1 Å². The summed E-state index contributed by atoms with van der Waals surface area (Å²) in [6.45, 7) is 2.37. The molecule has 0 bridgehead atoms. The Kier molecular flexibility index (Phi) is 6.30. The van der Waals surface area contributed by atoms with Crippen LogP contribution in [0.5, 0.6) is 11.5 Å². The van der Waals surface area contributed by atoms with Gasteiger partial charge in [0.05, 0.1) is 12.5 Å². The Morgan fingerprint density at radius 2 is 2.00 bits per heavy atom. The van der Waals surface area contributed by atoms with Crippen LogP contribution in [0.25, 0.3) is 0 Å². The number of carbonyl (C=O) groups is 2. The summed E-state index contributed by atoms with van der Waals surface area (Å²) >= 11 is 6.15. The Labute approximate surface area is 163 Å². The molecule has 2 aromatic rings. The lowest BCUT2D eigenvalue weighted by molar-refractivity contribution is -0.138. The Morgan fingerprint density at radius 3 is 2.81 bits per heavy atom. The number of fused-ring (bicyclic) bond motifs is 2. The fourth-order valence-electron chi connectivity index (χ4n) is 2.99. The first-order valence-corrected chi connectivity index (χ1v) is 9.40. The molecule has 1 heterocycles. The highest BCUT2D eigenvalue weighted by molar-refractivity contribution is 6.30. The summed E-state index contributed by atoms with van der Waals surface area (Å²) in [5.41, 5.74) is 1.65. The predicted molar refractivity (Wildman–Crippen MR) is 104 cm³/mol. The van der Waals surface area contributed by atoms with Crippen molar-refractivity contribution in [3.63, 3.8) is 0 Å². The van der Waals surface area contributed by atoms with Gasteiger partial charge in [0.25, 0.3) is 0 Å². The number of allylic oxidation sites excluding steroid dienone is 1. The van der Waals surface area contributed by atoms with Crippen molar-refractivity contribution in [2.45, 2.75) is 32.1 Å². The highest BCUT2D eigenvalue weighted by Gasteiger charge is 2.28. The zero-order valence-corrected chi connectivity index (χ0v) is 15.9. The number of carbonyl (C=O) groups excluding carboxylic acids is 2. The van der Waals surface area contributed by atoms with Crippen molar-refractivity contribution >= 4 is 23.4 Å². The van der Waals surface area contributed by atoms with E-state index in [1.165, 1.54) is 12.2 Å². The highest BCUT2D eigenvalue weighted by atomic mass is 35.5. The van der Waals surface area contributed by atoms with Gasteiger partial charge in [-0.15, -0.1) is 0 Å². The molecule has 0 radical (unpaired) electrons. The first-order chi connectivity index (χ1) is 13.1. The van der Waals surface area contributed by atoms with Gasteiger partial charge in [-0.2, -0.15) is 0 Å². The Morgan fingerprint density at radius 1 is 1.19 bits per heavy atom. The fraction of sp³-hybridized carbons (Fsp3) is 0.273. The summed E-state index contributed by atoms with van der Waals surface area (Å²) < 4.78 is 11.1. The van der Waals surface area contributed by atoms with E-state index >= 15 is 0 Å². The van der Waals surface area contributed by atoms with Crippen molar-refractivity contribution < 1.29 is 19.1 Å². The van der Waals surface area contributed by atoms with E-state index in [4.69, 9.17) is 21.1 Å². The molecule has 1 aliphatic heterocycles. The normalized spacial score (nSPS) is 15.4. The number of rotatable bonds is 6. The van der Waals surface area contributed by atoms with Crippen molar-refractivity contribution in [3.05, 3.63) is 70.8 Å². The van der Waals surface area contributed by atoms with Crippen LogP contribution in [0.1, 0.15) is 36.8 Å². The van der Waals surface area contributed by atoms with E-state index in [9.17, 15) is 9.59 Å². The van der Waals surface area contributed by atoms with Crippen molar-refractivity contribution in [2.75, 3.05) is 6.61 Å². The van der Waals surface area contributed by atoms with Crippen LogP contribution in [0.15, 0.2) is 54.6 Å². The molecule has 0 amide bonds. The molecular formula is C22H21ClO4. The second-order valence-electron chi connectivity index (χ2n) is 6.41. The van der Waals surface area contributed by atoms with Gasteiger partial charge in [-0.25, -0.2) is 4.79 Å². The molecule has 0 aliphatic carbocycles. The topological polar surface area (TPSA) is 52.6 Å². The summed E-state index contributed by atoms with van der Waals surface area (Å²) in [7, 11) is 0. The average Bonchev–Trinajstić information content (AvgIpc) is 2.83. The number of esters is 1. The van der Waals surface area contributed by atoms with Crippen LogP contribution < -0.4 is 4.74 Å². The van der Waals surface area contributed by atoms with Crippen LogP contribution in [0.3, 0.4) is 0 Å². The van der Waals surface area contributed by atoms with E-state index in [1.54, 1.807) is 18.2 Å². The monoisotopic (exact) mass is 384 g/mol. The summed E-state index contributed by atoms with van der Waals surface area (Å²) in [5.74, 6) is 0.141. The number of ether oxygens (including phenoxy) is 2. The maximum Gasteiger partial charge on any atom is 0.330 e. The Bertz CT molecular complexity index is 872. The number of ketones is 1. The van der Waals surface area contributed by atoms with E-state index in [-0.39, 0.29) is 5.78 Å². The quantitative estimate of drug-likeness (QED) is 0.388. The molecule has 4 nitrogen and oxygen atoms in total. The number of hydrogen-bond acceptors (Lipinski definition) is 4. The van der Waals surface area contributed by atoms with Gasteiger partial charge >= 0.3 is 5.97 Å². The lowest BCUT2D eigenvalue weighted by Gasteiger charge is -2.14. The third kappa shape index (κ3) is 4.77. The number of halogens is 1. The SMILES string of the molecule is CCCCOC(=O)/C=C/C(=O)C1Cc2ccccc2Oc2ccc(Cl)cc21. The maximum atomic E-state index is 12.9. The largest absolute Gasteiger partial charge is 0.463 e. The predicted octanol–water partition coefficient (Wildman–Crippen LogP) is 5.24. The molecule has 0 spiro atoms. The molecule has 1 atom stereocenters. The summed E-state index contributed by atoms with van der Waals surface area (Å²) in [6.07, 6.45) is 4.69. The molecule has 0 saturated heterocycles. The minimum Gasteiger partial charge on any atom is -0.463 e. The average molecular weight is 385 g/mol. The minimum atomic E-state index is -0.506. The number of para-hydroxylation sites is 1. The summed E-state index contributed by atoms with van der Waals surface area (Å²) in [4.78, 5) is 24.6. The van der Waals surface area contributed by atoms with Gasteiger partial charge < -0.3 is 9.47 Å². The van der Waals surface area contributed by atoms with Gasteiger partial charge in [0.1, 0.15) is 11.5 Å². The first kappa shape index (κ1) is 19.2. The van der Waals surface area contributed by atoms with Crippen LogP contribution in [0.2, 0.25) is 5.02 Å². The highest BCUT2D eigenvalue weighted by Crippen LogP contribution is 2.40. The minimum absolute atomic E-state index is 0.189. The van der Waals surface area contributed by atoms with Crippen LogP contribution in [-0.4, -0.2) is 18.4 Å². The second kappa shape index (κ2) is 8.87. The third-order valence-corrected chi connectivity index (χ3v) is 4.67. The molecular weight excluding hydrogens is 364 g/mol. The molecule has 0 fully saturated rings. The molecule has 140 valence electrons. The van der Waals surface area contributed by atoms with Crippen molar-refractivity contribution in [3.8, 4) is 11.5 Å². The zero-order chi connectivity index (χ0) is 19.2. The zero-order valence-electron chi connectivity index (χ0n) is 15.1. The van der Waals surface area contributed by atoms with Crippen LogP contribution >= 0.6 is 11.6 Å². The molecule has 5 heteroatoms. The smallest absolute Gasteiger partial charge is 0.330 e. The van der Waals surface area contributed by atoms with E-state index in [0.29, 0.717) is 29.4 Å². The molecule has 3 rings (SSSR count). The van der Waals surface area contributed by atoms with Crippen molar-refractivity contribution in [2.24, 2.45) is 0 Å². The van der Waals surface area contributed by atoms with Gasteiger partial charge in [0.2, 0.25) is 0 Å². The van der Waals surface area contributed by atoms with Crippen molar-refractivity contribution in [1.29, 1.82) is 0 Å². The third-order valence-electron chi connectivity index (χ3n) is 4.43. The molecule has 2 aromatic carbocycles. The standard InChI is InChI=1S/C22H21ClO4/c1-2-3-12-26-22(25)11-9-19(24)17-13-15-6-4-5-7-20(15)27-21-10-8-16(23)14-18(17)21/h4-11,14,17H,2-3,12-13H2,1H3/b11-9+. The molecule has 0 saturated carbocycles. The molecule has 27 heavy (non-hydrogen) atoms. The van der Waals surface area contributed by atoms with E-state index in [0.717, 1.165) is 24.2 Å². The van der Waals surface area contributed by atoms with Gasteiger partial charge in [-0.05, 0) is 48.7 Å². The lowest BCUT2D eigenvalue weighted by atomic mass is 9.88. The van der Waals surface area contributed by atoms with Gasteiger partial charge in [-0.3, -0.25) is 4.79 Å². The molecule has 0 aromatic heterocycles. The van der Waals surface area contributed by atoms with Gasteiger partial charge in [0.15, 0.2) is 5.78 Å². The Hall–Kier alpha value is -2.59. The van der Waals surface area contributed by atoms with Crippen LogP contribution in [0, 0.1) is 0 Å². The van der Waals surface area contributed by atoms with Crippen LogP contribution in [0.4, 0.5) is 0 Å². The number of hydrogen-bond donors (Lipinski definition) is 0. The molecule has 1 aliphatic rings. The van der Waals surface area contributed by atoms with E-state index in [1.807, 2.05) is 31.2 Å². The second-order valence-corrected chi connectivity index (χ2v) is 6.84. The number of unbranched alkanes of at least 4 members (excludes halogenated alkanes) is 1. The first-order valence-electron chi connectivity index (χ1n) is 9.02. The van der Waals surface area contributed by atoms with Crippen molar-refractivity contribution in [1.82, 2.24) is 0 Å². The van der Waals surface area contributed by atoms with Crippen LogP contribution in [-0.2, 0) is 20.7 Å². The van der Waals surface area contributed by atoms with E-state index in [2.05, 4.69) is 0 Å². The summed E-state index contributed by atoms with van der Waals surface area (Å²) in [6, 6.07) is 12.9.